The predicted octanol–water partition coefficient (Wildman–Crippen LogP) is 1.80. The van der Waals surface area contributed by atoms with Crippen LogP contribution in [0.3, 0.4) is 0 Å². The van der Waals surface area contributed by atoms with Gasteiger partial charge in [-0.05, 0) is 12.8 Å². The fourth-order valence-electron chi connectivity index (χ4n) is 3.27. The van der Waals surface area contributed by atoms with Gasteiger partial charge in [0.05, 0.1) is 18.6 Å². The van der Waals surface area contributed by atoms with Crippen molar-refractivity contribution in [3.8, 4) is 0 Å². The average Bonchev–Trinajstić information content (AvgIpc) is 2.83. The molecule has 1 aliphatic heterocycles. The van der Waals surface area contributed by atoms with Crippen LogP contribution in [-0.4, -0.2) is 34.5 Å². The fourth-order valence-corrected chi connectivity index (χ4v) is 3.27. The maximum Gasteiger partial charge on any atom is 0.306 e. The van der Waals surface area contributed by atoms with Crippen LogP contribution >= 0.6 is 0 Å². The SMILES string of the molecule is CCCCC/C=C/[C@@H](O)C1[C@H](O)C[C@@H]2OC(=O)C[C@H]12. The highest BCUT2D eigenvalue weighted by molar-refractivity contribution is 5.72. The van der Waals surface area contributed by atoms with Gasteiger partial charge in [-0.2, -0.15) is 0 Å². The summed E-state index contributed by atoms with van der Waals surface area (Å²) in [6.07, 6.45) is 7.55. The lowest BCUT2D eigenvalue weighted by Gasteiger charge is -2.22. The number of hydrogen-bond donors (Lipinski definition) is 2. The van der Waals surface area contributed by atoms with Crippen molar-refractivity contribution < 1.29 is 19.7 Å². The Morgan fingerprint density at radius 1 is 1.47 bits per heavy atom. The lowest BCUT2D eigenvalue weighted by atomic mass is 9.87. The molecule has 1 aliphatic carbocycles. The maximum atomic E-state index is 11.3. The lowest BCUT2D eigenvalue weighted by Crippen LogP contribution is -2.31. The number of esters is 1. The Balaban J connectivity index is 1.87. The monoisotopic (exact) mass is 268 g/mol. The summed E-state index contributed by atoms with van der Waals surface area (Å²) in [5.74, 6) is -0.498. The van der Waals surface area contributed by atoms with E-state index in [-0.39, 0.29) is 23.9 Å². The third-order valence-electron chi connectivity index (χ3n) is 4.28. The molecule has 1 heterocycles. The highest BCUT2D eigenvalue weighted by atomic mass is 16.6. The Hall–Kier alpha value is -0.870. The first-order valence-electron chi connectivity index (χ1n) is 7.35. The highest BCUT2D eigenvalue weighted by Gasteiger charge is 2.51. The second kappa shape index (κ2) is 6.53. The quantitative estimate of drug-likeness (QED) is 0.438. The molecule has 1 saturated heterocycles. The van der Waals surface area contributed by atoms with Gasteiger partial charge in [0.1, 0.15) is 6.10 Å². The van der Waals surface area contributed by atoms with E-state index in [1.165, 1.54) is 12.8 Å². The fraction of sp³-hybridized carbons (Fsp3) is 0.800. The molecule has 2 N–H and O–H groups in total. The Morgan fingerprint density at radius 2 is 2.26 bits per heavy atom. The van der Waals surface area contributed by atoms with Crippen LogP contribution in [0.2, 0.25) is 0 Å². The smallest absolute Gasteiger partial charge is 0.306 e. The van der Waals surface area contributed by atoms with Gasteiger partial charge in [-0.25, -0.2) is 0 Å². The zero-order chi connectivity index (χ0) is 13.8. The van der Waals surface area contributed by atoms with E-state index >= 15 is 0 Å². The van der Waals surface area contributed by atoms with E-state index < -0.39 is 12.2 Å². The minimum atomic E-state index is -0.680. The molecule has 4 nitrogen and oxygen atoms in total. The molecule has 0 radical (unpaired) electrons. The van der Waals surface area contributed by atoms with Gasteiger partial charge in [0, 0.05) is 18.3 Å². The van der Waals surface area contributed by atoms with E-state index in [0.29, 0.717) is 12.8 Å². The standard InChI is InChI=1S/C15H24O4/c1-2-3-4-5-6-7-11(16)15-10-8-14(18)19-13(10)9-12(15)17/h6-7,10-13,15-17H,2-5,8-9H2,1H3/b7-6+/t10-,11+,12+,13-,15?/m0/s1. The zero-order valence-electron chi connectivity index (χ0n) is 11.5. The molecule has 0 aromatic heterocycles. The van der Waals surface area contributed by atoms with Crippen LogP contribution in [0, 0.1) is 11.8 Å². The van der Waals surface area contributed by atoms with Gasteiger partial charge in [0.15, 0.2) is 0 Å². The average molecular weight is 268 g/mol. The van der Waals surface area contributed by atoms with E-state index in [2.05, 4.69) is 6.92 Å². The molecule has 2 rings (SSSR count). The van der Waals surface area contributed by atoms with E-state index in [9.17, 15) is 15.0 Å². The normalized spacial score (nSPS) is 35.6. The van der Waals surface area contributed by atoms with Crippen molar-refractivity contribution in [2.24, 2.45) is 11.8 Å². The summed E-state index contributed by atoms with van der Waals surface area (Å²) < 4.78 is 5.16. The lowest BCUT2D eigenvalue weighted by molar-refractivity contribution is -0.141. The minimum absolute atomic E-state index is 0.0298. The molecule has 0 bridgehead atoms. The predicted molar refractivity (Wildman–Crippen MR) is 71.4 cm³/mol. The minimum Gasteiger partial charge on any atom is -0.462 e. The van der Waals surface area contributed by atoms with Crippen LogP contribution in [0.4, 0.5) is 0 Å². The number of unbranched alkanes of at least 4 members (excludes halogenated alkanes) is 3. The Kier molecular flexibility index (Phi) is 4.99. The van der Waals surface area contributed by atoms with Crippen molar-refractivity contribution in [2.75, 3.05) is 0 Å². The number of carbonyl (C=O) groups excluding carboxylic acids is 1. The molecule has 19 heavy (non-hydrogen) atoms. The number of rotatable bonds is 6. The molecule has 0 aromatic rings. The molecule has 5 atom stereocenters. The Bertz CT molecular complexity index is 339. The summed E-state index contributed by atoms with van der Waals surface area (Å²) in [5, 5.41) is 20.2. The summed E-state index contributed by atoms with van der Waals surface area (Å²) in [6, 6.07) is 0. The number of allylic oxidation sites excluding steroid dienone is 1. The van der Waals surface area contributed by atoms with Crippen molar-refractivity contribution in [3.63, 3.8) is 0 Å². The van der Waals surface area contributed by atoms with Crippen molar-refractivity contribution in [1.29, 1.82) is 0 Å². The molecule has 2 fully saturated rings. The van der Waals surface area contributed by atoms with Crippen LogP contribution in [0.25, 0.3) is 0 Å². The van der Waals surface area contributed by atoms with Gasteiger partial charge in [-0.3, -0.25) is 4.79 Å². The highest BCUT2D eigenvalue weighted by Crippen LogP contribution is 2.43. The van der Waals surface area contributed by atoms with Gasteiger partial charge >= 0.3 is 5.97 Å². The van der Waals surface area contributed by atoms with Gasteiger partial charge in [0.25, 0.3) is 0 Å². The van der Waals surface area contributed by atoms with Gasteiger partial charge < -0.3 is 14.9 Å². The molecular weight excluding hydrogens is 244 g/mol. The van der Waals surface area contributed by atoms with Crippen LogP contribution in [-0.2, 0) is 9.53 Å². The van der Waals surface area contributed by atoms with Gasteiger partial charge in [0.2, 0.25) is 0 Å². The van der Waals surface area contributed by atoms with E-state index in [1.54, 1.807) is 6.08 Å². The van der Waals surface area contributed by atoms with Crippen LogP contribution in [0.1, 0.15) is 45.4 Å². The molecule has 0 spiro atoms. The molecule has 0 aromatic carbocycles. The van der Waals surface area contributed by atoms with E-state index in [0.717, 1.165) is 12.8 Å². The number of hydrogen-bond acceptors (Lipinski definition) is 4. The molecule has 1 saturated carbocycles. The number of fused-ring (bicyclic) bond motifs is 1. The van der Waals surface area contributed by atoms with Crippen molar-refractivity contribution >= 4 is 5.97 Å². The maximum absolute atomic E-state index is 11.3. The Morgan fingerprint density at radius 3 is 3.00 bits per heavy atom. The van der Waals surface area contributed by atoms with Gasteiger partial charge in [-0.15, -0.1) is 0 Å². The molecule has 2 aliphatic rings. The first kappa shape index (κ1) is 14.5. The van der Waals surface area contributed by atoms with Crippen molar-refractivity contribution in [2.45, 2.75) is 63.8 Å². The second-order valence-corrected chi connectivity index (χ2v) is 5.69. The number of ether oxygens (including phenoxy) is 1. The molecule has 4 heteroatoms. The second-order valence-electron chi connectivity index (χ2n) is 5.69. The Labute approximate surface area is 114 Å². The van der Waals surface area contributed by atoms with Gasteiger partial charge in [-0.1, -0.05) is 31.9 Å². The summed E-state index contributed by atoms with van der Waals surface area (Å²) in [5.41, 5.74) is 0. The third kappa shape index (κ3) is 3.37. The summed E-state index contributed by atoms with van der Waals surface area (Å²) >= 11 is 0. The summed E-state index contributed by atoms with van der Waals surface area (Å²) in [7, 11) is 0. The summed E-state index contributed by atoms with van der Waals surface area (Å²) in [6.45, 7) is 2.16. The van der Waals surface area contributed by atoms with E-state index in [1.807, 2.05) is 6.08 Å². The number of aliphatic hydroxyl groups is 2. The van der Waals surface area contributed by atoms with Crippen LogP contribution in [0.15, 0.2) is 12.2 Å². The first-order chi connectivity index (χ1) is 9.13. The zero-order valence-corrected chi connectivity index (χ0v) is 11.5. The number of carbonyl (C=O) groups is 1. The molecule has 108 valence electrons. The molecular formula is C15H24O4. The van der Waals surface area contributed by atoms with Crippen LogP contribution < -0.4 is 0 Å². The topological polar surface area (TPSA) is 66.8 Å². The van der Waals surface area contributed by atoms with Crippen molar-refractivity contribution in [1.82, 2.24) is 0 Å². The largest absolute Gasteiger partial charge is 0.462 e. The number of aliphatic hydroxyl groups excluding tert-OH is 2. The van der Waals surface area contributed by atoms with Crippen molar-refractivity contribution in [3.05, 3.63) is 12.2 Å². The molecule has 1 unspecified atom stereocenters. The third-order valence-corrected chi connectivity index (χ3v) is 4.28. The van der Waals surface area contributed by atoms with Crippen LogP contribution in [0.5, 0.6) is 0 Å². The first-order valence-corrected chi connectivity index (χ1v) is 7.35. The van der Waals surface area contributed by atoms with E-state index in [4.69, 9.17) is 4.74 Å². The summed E-state index contributed by atoms with van der Waals surface area (Å²) in [4.78, 5) is 11.3. The molecule has 0 amide bonds.